The van der Waals surface area contributed by atoms with Crippen LogP contribution in [0.15, 0.2) is 18.3 Å². The molecule has 0 aliphatic carbocycles. The zero-order valence-corrected chi connectivity index (χ0v) is 10.8. The highest BCUT2D eigenvalue weighted by molar-refractivity contribution is 6.20. The fraction of sp³-hybridized carbons (Fsp3) is 0.615. The SMILES string of the molecule is Cc1cccnc1CC(Cl)C(C)C(C)C. The fourth-order valence-corrected chi connectivity index (χ4v) is 1.96. The molecule has 1 aromatic heterocycles. The van der Waals surface area contributed by atoms with E-state index in [-0.39, 0.29) is 5.38 Å². The molecule has 0 fully saturated rings. The Morgan fingerprint density at radius 1 is 1.33 bits per heavy atom. The predicted molar refractivity (Wildman–Crippen MR) is 66.3 cm³/mol. The van der Waals surface area contributed by atoms with Gasteiger partial charge in [0, 0.05) is 23.7 Å². The van der Waals surface area contributed by atoms with Crippen molar-refractivity contribution in [3.8, 4) is 0 Å². The number of halogens is 1. The van der Waals surface area contributed by atoms with Gasteiger partial charge in [-0.15, -0.1) is 11.6 Å². The molecule has 0 amide bonds. The van der Waals surface area contributed by atoms with Gasteiger partial charge in [-0.25, -0.2) is 0 Å². The van der Waals surface area contributed by atoms with Crippen molar-refractivity contribution in [1.29, 1.82) is 0 Å². The number of alkyl halides is 1. The summed E-state index contributed by atoms with van der Waals surface area (Å²) in [7, 11) is 0. The summed E-state index contributed by atoms with van der Waals surface area (Å²) >= 11 is 6.39. The molecule has 2 unspecified atom stereocenters. The van der Waals surface area contributed by atoms with Gasteiger partial charge in [0.25, 0.3) is 0 Å². The molecule has 0 spiro atoms. The average Bonchev–Trinajstić information content (AvgIpc) is 2.20. The van der Waals surface area contributed by atoms with E-state index in [0.717, 1.165) is 12.1 Å². The molecule has 0 radical (unpaired) electrons. The monoisotopic (exact) mass is 225 g/mol. The Hall–Kier alpha value is -0.560. The highest BCUT2D eigenvalue weighted by Gasteiger charge is 2.19. The second kappa shape index (κ2) is 5.50. The maximum Gasteiger partial charge on any atom is 0.0447 e. The minimum absolute atomic E-state index is 0.179. The van der Waals surface area contributed by atoms with Gasteiger partial charge in [-0.3, -0.25) is 4.98 Å². The van der Waals surface area contributed by atoms with Crippen molar-refractivity contribution in [1.82, 2.24) is 4.98 Å². The molecule has 84 valence electrons. The van der Waals surface area contributed by atoms with Crippen LogP contribution in [0, 0.1) is 18.8 Å². The van der Waals surface area contributed by atoms with Gasteiger partial charge in [-0.2, -0.15) is 0 Å². The second-order valence-electron chi connectivity index (χ2n) is 4.59. The second-order valence-corrected chi connectivity index (χ2v) is 5.15. The van der Waals surface area contributed by atoms with Crippen LogP contribution in [0.3, 0.4) is 0 Å². The number of pyridine rings is 1. The predicted octanol–water partition coefficient (Wildman–Crippen LogP) is 3.83. The molecule has 0 aliphatic heterocycles. The number of aryl methyl sites for hydroxylation is 1. The molecule has 2 heteroatoms. The molecule has 0 aliphatic rings. The first kappa shape index (κ1) is 12.5. The molecular weight excluding hydrogens is 206 g/mol. The molecule has 1 heterocycles. The average molecular weight is 226 g/mol. The van der Waals surface area contributed by atoms with E-state index < -0.39 is 0 Å². The topological polar surface area (TPSA) is 12.9 Å². The van der Waals surface area contributed by atoms with Crippen molar-refractivity contribution >= 4 is 11.6 Å². The molecule has 0 saturated heterocycles. The molecule has 2 atom stereocenters. The Labute approximate surface area is 97.9 Å². The highest BCUT2D eigenvalue weighted by Crippen LogP contribution is 2.23. The summed E-state index contributed by atoms with van der Waals surface area (Å²) in [4.78, 5) is 4.38. The molecule has 1 rings (SSSR count). The lowest BCUT2D eigenvalue weighted by Crippen LogP contribution is -2.20. The Morgan fingerprint density at radius 3 is 2.53 bits per heavy atom. The Kier molecular flexibility index (Phi) is 4.59. The molecule has 1 nitrogen and oxygen atoms in total. The van der Waals surface area contributed by atoms with Gasteiger partial charge in [0.1, 0.15) is 0 Å². The van der Waals surface area contributed by atoms with E-state index in [0.29, 0.717) is 11.8 Å². The smallest absolute Gasteiger partial charge is 0.0447 e. The van der Waals surface area contributed by atoms with Crippen molar-refractivity contribution < 1.29 is 0 Å². The summed E-state index contributed by atoms with van der Waals surface area (Å²) in [6, 6.07) is 4.06. The molecule has 15 heavy (non-hydrogen) atoms. The molecular formula is C13H20ClN. The van der Waals surface area contributed by atoms with Gasteiger partial charge in [0.15, 0.2) is 0 Å². The molecule has 1 aromatic rings. The van der Waals surface area contributed by atoms with Crippen molar-refractivity contribution in [2.24, 2.45) is 11.8 Å². The van der Waals surface area contributed by atoms with Crippen LogP contribution in [0.25, 0.3) is 0 Å². The fourth-order valence-electron chi connectivity index (χ4n) is 1.52. The molecule has 0 saturated carbocycles. The van der Waals surface area contributed by atoms with Gasteiger partial charge in [-0.1, -0.05) is 26.8 Å². The van der Waals surface area contributed by atoms with Crippen molar-refractivity contribution in [2.75, 3.05) is 0 Å². The minimum atomic E-state index is 0.179. The van der Waals surface area contributed by atoms with E-state index in [4.69, 9.17) is 11.6 Å². The maximum absolute atomic E-state index is 6.39. The minimum Gasteiger partial charge on any atom is -0.261 e. The van der Waals surface area contributed by atoms with Gasteiger partial charge < -0.3 is 0 Å². The number of hydrogen-bond donors (Lipinski definition) is 0. The first-order valence-electron chi connectivity index (χ1n) is 5.57. The van der Waals surface area contributed by atoms with E-state index in [1.807, 2.05) is 12.3 Å². The van der Waals surface area contributed by atoms with Gasteiger partial charge >= 0.3 is 0 Å². The van der Waals surface area contributed by atoms with Crippen LogP contribution < -0.4 is 0 Å². The molecule has 0 N–H and O–H groups in total. The van der Waals surface area contributed by atoms with Crippen LogP contribution in [-0.2, 0) is 6.42 Å². The van der Waals surface area contributed by atoms with E-state index in [1.54, 1.807) is 0 Å². The zero-order chi connectivity index (χ0) is 11.4. The van der Waals surface area contributed by atoms with Crippen LogP contribution in [0.4, 0.5) is 0 Å². The maximum atomic E-state index is 6.39. The lowest BCUT2D eigenvalue weighted by molar-refractivity contribution is 0.397. The quantitative estimate of drug-likeness (QED) is 0.710. The summed E-state index contributed by atoms with van der Waals surface area (Å²) in [6.07, 6.45) is 2.71. The summed E-state index contributed by atoms with van der Waals surface area (Å²) in [5.74, 6) is 1.14. The Bertz CT molecular complexity index is 309. The number of nitrogens with zero attached hydrogens (tertiary/aromatic N) is 1. The van der Waals surface area contributed by atoms with Crippen LogP contribution in [-0.4, -0.2) is 10.4 Å². The highest BCUT2D eigenvalue weighted by atomic mass is 35.5. The largest absolute Gasteiger partial charge is 0.261 e. The van der Waals surface area contributed by atoms with Crippen LogP contribution in [0.1, 0.15) is 32.0 Å². The Morgan fingerprint density at radius 2 is 2.00 bits per heavy atom. The van der Waals surface area contributed by atoms with E-state index in [2.05, 4.69) is 38.7 Å². The molecule has 0 bridgehead atoms. The van der Waals surface area contributed by atoms with Crippen molar-refractivity contribution in [2.45, 2.75) is 39.5 Å². The first-order valence-corrected chi connectivity index (χ1v) is 6.00. The summed E-state index contributed by atoms with van der Waals surface area (Å²) in [6.45, 7) is 8.73. The number of aromatic nitrogens is 1. The van der Waals surface area contributed by atoms with Crippen molar-refractivity contribution in [3.63, 3.8) is 0 Å². The number of rotatable bonds is 4. The van der Waals surface area contributed by atoms with E-state index in [1.165, 1.54) is 5.56 Å². The van der Waals surface area contributed by atoms with Crippen LogP contribution >= 0.6 is 11.6 Å². The first-order chi connectivity index (χ1) is 7.02. The standard InChI is InChI=1S/C13H20ClN/c1-9(2)11(4)12(14)8-13-10(3)6-5-7-15-13/h5-7,9,11-12H,8H2,1-4H3. The summed E-state index contributed by atoms with van der Waals surface area (Å²) in [5, 5.41) is 0.179. The zero-order valence-electron chi connectivity index (χ0n) is 10.00. The van der Waals surface area contributed by atoms with E-state index in [9.17, 15) is 0 Å². The summed E-state index contributed by atoms with van der Waals surface area (Å²) in [5.41, 5.74) is 2.36. The van der Waals surface area contributed by atoms with Crippen LogP contribution in [0.5, 0.6) is 0 Å². The Balaban J connectivity index is 2.66. The third-order valence-electron chi connectivity index (χ3n) is 3.13. The normalized spacial score (nSPS) is 15.3. The van der Waals surface area contributed by atoms with E-state index >= 15 is 0 Å². The van der Waals surface area contributed by atoms with Gasteiger partial charge in [0.05, 0.1) is 0 Å². The number of hydrogen-bond acceptors (Lipinski definition) is 1. The molecule has 0 aromatic carbocycles. The lowest BCUT2D eigenvalue weighted by atomic mass is 9.91. The lowest BCUT2D eigenvalue weighted by Gasteiger charge is -2.21. The van der Waals surface area contributed by atoms with Gasteiger partial charge in [-0.05, 0) is 30.4 Å². The third kappa shape index (κ3) is 3.49. The summed E-state index contributed by atoms with van der Waals surface area (Å²) < 4.78 is 0. The third-order valence-corrected chi connectivity index (χ3v) is 3.68. The van der Waals surface area contributed by atoms with Gasteiger partial charge in [0.2, 0.25) is 0 Å². The van der Waals surface area contributed by atoms with Crippen LogP contribution in [0.2, 0.25) is 0 Å². The van der Waals surface area contributed by atoms with Crippen molar-refractivity contribution in [3.05, 3.63) is 29.6 Å².